The van der Waals surface area contributed by atoms with E-state index < -0.39 is 5.82 Å². The molecule has 0 radical (unpaired) electrons. The topological polar surface area (TPSA) is 45.7 Å². The lowest BCUT2D eigenvalue weighted by Gasteiger charge is -2.37. The number of anilines is 1. The Labute approximate surface area is 147 Å². The number of carbonyl (C=O) groups excluding carboxylic acids is 1. The summed E-state index contributed by atoms with van der Waals surface area (Å²) in [7, 11) is 1.79. The zero-order valence-corrected chi connectivity index (χ0v) is 14.3. The van der Waals surface area contributed by atoms with Crippen molar-refractivity contribution in [1.82, 2.24) is 9.88 Å². The number of carbonyl (C=O) groups is 1. The molecule has 1 fully saturated rings. The third-order valence-electron chi connectivity index (χ3n) is 4.57. The highest BCUT2D eigenvalue weighted by Crippen LogP contribution is 2.21. The van der Waals surface area contributed by atoms with Crippen molar-refractivity contribution in [3.63, 3.8) is 0 Å². The van der Waals surface area contributed by atoms with Crippen molar-refractivity contribution < 1.29 is 13.9 Å². The summed E-state index contributed by atoms with van der Waals surface area (Å²) >= 11 is 0. The molecule has 0 spiro atoms. The van der Waals surface area contributed by atoms with Crippen LogP contribution in [0.1, 0.15) is 12.8 Å². The van der Waals surface area contributed by atoms with Gasteiger partial charge >= 0.3 is 0 Å². The average molecular weight is 343 g/mol. The highest BCUT2D eigenvalue weighted by Gasteiger charge is 2.26. The summed E-state index contributed by atoms with van der Waals surface area (Å²) < 4.78 is 18.9. The molecule has 132 valence electrons. The van der Waals surface area contributed by atoms with Crippen LogP contribution in [0.25, 0.3) is 0 Å². The summed E-state index contributed by atoms with van der Waals surface area (Å²) in [5.74, 6) is 0.480. The van der Waals surface area contributed by atoms with Gasteiger partial charge in [0.2, 0.25) is 0 Å². The van der Waals surface area contributed by atoms with Crippen molar-refractivity contribution in [2.24, 2.45) is 0 Å². The normalized spacial score (nSPS) is 15.0. The Morgan fingerprint density at radius 2 is 1.96 bits per heavy atom. The Morgan fingerprint density at radius 3 is 2.64 bits per heavy atom. The number of hydrogen-bond acceptors (Lipinski definition) is 4. The second kappa shape index (κ2) is 7.96. The van der Waals surface area contributed by atoms with Crippen LogP contribution in [0.3, 0.4) is 0 Å². The van der Waals surface area contributed by atoms with Crippen LogP contribution in [0.5, 0.6) is 5.75 Å². The third-order valence-corrected chi connectivity index (χ3v) is 4.57. The van der Waals surface area contributed by atoms with E-state index in [2.05, 4.69) is 9.88 Å². The van der Waals surface area contributed by atoms with E-state index in [1.54, 1.807) is 30.3 Å². The molecule has 1 aliphatic heterocycles. The summed E-state index contributed by atoms with van der Waals surface area (Å²) in [6.45, 7) is 1.55. The van der Waals surface area contributed by atoms with Crippen molar-refractivity contribution in [2.45, 2.75) is 18.9 Å². The van der Waals surface area contributed by atoms with Gasteiger partial charge in [-0.3, -0.25) is 4.79 Å². The van der Waals surface area contributed by atoms with Crippen LogP contribution in [-0.4, -0.2) is 48.6 Å². The average Bonchev–Trinajstić information content (AvgIpc) is 2.67. The first-order valence-corrected chi connectivity index (χ1v) is 8.44. The van der Waals surface area contributed by atoms with E-state index in [1.165, 1.54) is 12.1 Å². The fraction of sp³-hybridized carbons (Fsp3) is 0.368. The molecule has 6 heteroatoms. The lowest BCUT2D eigenvalue weighted by atomic mass is 10.0. The maximum absolute atomic E-state index is 13.5. The Hall–Kier alpha value is -2.63. The molecule has 1 aliphatic rings. The number of ether oxygens (including phenoxy) is 1. The maximum Gasteiger partial charge on any atom is 0.260 e. The summed E-state index contributed by atoms with van der Waals surface area (Å²) in [6, 6.07) is 12.1. The van der Waals surface area contributed by atoms with E-state index in [0.29, 0.717) is 0 Å². The number of likely N-dealkylation sites (N-methyl/N-ethyl adjacent to an activating group) is 1. The van der Waals surface area contributed by atoms with Gasteiger partial charge in [-0.15, -0.1) is 0 Å². The first-order valence-electron chi connectivity index (χ1n) is 8.44. The minimum atomic E-state index is -0.457. The third kappa shape index (κ3) is 4.26. The zero-order valence-electron chi connectivity index (χ0n) is 14.3. The molecule has 2 aromatic rings. The fourth-order valence-electron chi connectivity index (χ4n) is 3.03. The van der Waals surface area contributed by atoms with Crippen LogP contribution < -0.4 is 9.64 Å². The van der Waals surface area contributed by atoms with Gasteiger partial charge in [-0.05, 0) is 37.1 Å². The Bertz CT molecular complexity index is 703. The molecule has 0 aliphatic carbocycles. The van der Waals surface area contributed by atoms with Crippen LogP contribution in [0.4, 0.5) is 10.2 Å². The highest BCUT2D eigenvalue weighted by atomic mass is 19.1. The summed E-state index contributed by atoms with van der Waals surface area (Å²) in [5.41, 5.74) is 0. The van der Waals surface area contributed by atoms with Gasteiger partial charge in [0.05, 0.1) is 0 Å². The molecule has 3 rings (SSSR count). The fourth-order valence-corrected chi connectivity index (χ4v) is 3.03. The maximum atomic E-state index is 13.5. The molecule has 0 bridgehead atoms. The first kappa shape index (κ1) is 17.2. The molecule has 1 saturated heterocycles. The van der Waals surface area contributed by atoms with Gasteiger partial charge in [0.15, 0.2) is 18.2 Å². The van der Waals surface area contributed by atoms with E-state index in [1.807, 2.05) is 18.2 Å². The summed E-state index contributed by atoms with van der Waals surface area (Å²) in [5, 5.41) is 0. The first-order chi connectivity index (χ1) is 12.1. The number of aromatic nitrogens is 1. The number of halogens is 1. The molecule has 0 saturated carbocycles. The predicted molar refractivity (Wildman–Crippen MR) is 94.1 cm³/mol. The molecule has 1 aromatic heterocycles. The summed E-state index contributed by atoms with van der Waals surface area (Å²) in [6.07, 6.45) is 3.54. The minimum absolute atomic E-state index is 0.106. The number of amides is 1. The van der Waals surface area contributed by atoms with E-state index >= 15 is 0 Å². The van der Waals surface area contributed by atoms with Gasteiger partial charge in [-0.2, -0.15) is 0 Å². The SMILES string of the molecule is CN(C(=O)COc1ccccc1F)C1CCN(c2ccccn2)CC1. The number of rotatable bonds is 5. The van der Waals surface area contributed by atoms with E-state index in [0.717, 1.165) is 31.7 Å². The number of para-hydroxylation sites is 1. The van der Waals surface area contributed by atoms with Crippen molar-refractivity contribution in [3.05, 3.63) is 54.5 Å². The predicted octanol–water partition coefficient (Wildman–Crippen LogP) is 2.73. The second-order valence-electron chi connectivity index (χ2n) is 6.13. The van der Waals surface area contributed by atoms with E-state index in [9.17, 15) is 9.18 Å². The summed E-state index contributed by atoms with van der Waals surface area (Å²) in [4.78, 5) is 20.6. The molecule has 0 N–H and O–H groups in total. The standard InChI is InChI=1S/C19H22FN3O2/c1-22(19(24)14-25-17-7-3-2-6-16(17)20)15-9-12-23(13-10-15)18-8-4-5-11-21-18/h2-8,11,15H,9-10,12-14H2,1H3. The van der Waals surface area contributed by atoms with E-state index in [4.69, 9.17) is 4.74 Å². The van der Waals surface area contributed by atoms with Gasteiger partial charge in [-0.25, -0.2) is 9.37 Å². The molecular weight excluding hydrogens is 321 g/mol. The number of pyridine rings is 1. The lowest BCUT2D eigenvalue weighted by molar-refractivity contribution is -0.134. The Kier molecular flexibility index (Phi) is 5.48. The molecule has 1 aromatic carbocycles. The second-order valence-corrected chi connectivity index (χ2v) is 6.13. The Morgan fingerprint density at radius 1 is 1.24 bits per heavy atom. The van der Waals surface area contributed by atoms with Crippen molar-refractivity contribution in [1.29, 1.82) is 0 Å². The minimum Gasteiger partial charge on any atom is -0.481 e. The van der Waals surface area contributed by atoms with Crippen molar-refractivity contribution in [2.75, 3.05) is 31.6 Å². The molecule has 5 nitrogen and oxygen atoms in total. The van der Waals surface area contributed by atoms with Crippen LogP contribution in [0, 0.1) is 5.82 Å². The molecule has 0 atom stereocenters. The number of nitrogens with zero attached hydrogens (tertiary/aromatic N) is 3. The van der Waals surface area contributed by atoms with E-state index in [-0.39, 0.29) is 24.3 Å². The molecule has 2 heterocycles. The molecule has 1 amide bonds. The van der Waals surface area contributed by atoms with Gasteiger partial charge < -0.3 is 14.5 Å². The number of piperidine rings is 1. The monoisotopic (exact) mass is 343 g/mol. The quantitative estimate of drug-likeness (QED) is 0.837. The van der Waals surface area contributed by atoms with Gasteiger partial charge in [0, 0.05) is 32.4 Å². The Balaban J connectivity index is 1.49. The van der Waals surface area contributed by atoms with Gasteiger partial charge in [0.25, 0.3) is 5.91 Å². The molecular formula is C19H22FN3O2. The molecule has 25 heavy (non-hydrogen) atoms. The zero-order chi connectivity index (χ0) is 17.6. The van der Waals surface area contributed by atoms with Crippen molar-refractivity contribution in [3.8, 4) is 5.75 Å². The number of hydrogen-bond donors (Lipinski definition) is 0. The van der Waals surface area contributed by atoms with Crippen molar-refractivity contribution >= 4 is 11.7 Å². The largest absolute Gasteiger partial charge is 0.481 e. The smallest absolute Gasteiger partial charge is 0.260 e. The van der Waals surface area contributed by atoms with Crippen LogP contribution in [0.15, 0.2) is 48.7 Å². The lowest BCUT2D eigenvalue weighted by Crippen LogP contribution is -2.47. The highest BCUT2D eigenvalue weighted by molar-refractivity contribution is 5.77. The van der Waals surface area contributed by atoms with Crippen LogP contribution in [-0.2, 0) is 4.79 Å². The molecule has 0 unspecified atom stereocenters. The van der Waals surface area contributed by atoms with Crippen LogP contribution in [0.2, 0.25) is 0 Å². The number of benzene rings is 1. The van der Waals surface area contributed by atoms with Crippen LogP contribution >= 0.6 is 0 Å². The van der Waals surface area contributed by atoms with Gasteiger partial charge in [0.1, 0.15) is 5.82 Å². The van der Waals surface area contributed by atoms with Gasteiger partial charge in [-0.1, -0.05) is 18.2 Å².